The molecule has 0 spiro atoms. The van der Waals surface area contributed by atoms with Crippen molar-refractivity contribution in [2.75, 3.05) is 17.3 Å². The van der Waals surface area contributed by atoms with Crippen molar-refractivity contribution in [3.05, 3.63) is 10.6 Å². The first-order valence-electron chi connectivity index (χ1n) is 5.53. The van der Waals surface area contributed by atoms with Gasteiger partial charge < -0.3 is 4.57 Å². The molecule has 3 nitrogen and oxygen atoms in total. The number of nitrogens with zero attached hydrogens (tertiary/aromatic N) is 2. The molecule has 6 heteroatoms. The van der Waals surface area contributed by atoms with Crippen LogP contribution in [0.5, 0.6) is 0 Å². The molecule has 0 radical (unpaired) electrons. The molecule has 16 heavy (non-hydrogen) atoms. The summed E-state index contributed by atoms with van der Waals surface area (Å²) in [6.07, 6.45) is 0. The number of hydrogen-bond acceptors (Lipinski definition) is 4. The summed E-state index contributed by atoms with van der Waals surface area (Å²) in [7, 11) is 0. The Bertz CT molecular complexity index is 390. The summed E-state index contributed by atoms with van der Waals surface area (Å²) in [6, 6.07) is 0. The molecule has 0 bridgehead atoms. The number of hydrogen-bond donors (Lipinski definition) is 1. The zero-order valence-electron chi connectivity index (χ0n) is 9.60. The first-order valence-corrected chi connectivity index (χ1v) is 8.14. The van der Waals surface area contributed by atoms with Gasteiger partial charge in [-0.05, 0) is 12.2 Å². The van der Waals surface area contributed by atoms with Crippen molar-refractivity contribution in [2.45, 2.75) is 31.6 Å². The zero-order valence-corrected chi connectivity index (χ0v) is 12.1. The lowest BCUT2D eigenvalue weighted by Gasteiger charge is -2.22. The SMILES string of the molecule is CC(C)c1n[nH]c(=S)n1CC1CSCCS1. The standard InChI is InChI=1S/C10H17N3S3/c1-7(2)9-11-12-10(14)13(9)5-8-6-15-3-4-16-8/h7-8H,3-6H2,1-2H3,(H,12,14). The largest absolute Gasteiger partial charge is 0.303 e. The maximum Gasteiger partial charge on any atom is 0.195 e. The zero-order chi connectivity index (χ0) is 11.5. The van der Waals surface area contributed by atoms with Gasteiger partial charge in [0.25, 0.3) is 0 Å². The minimum atomic E-state index is 0.425. The summed E-state index contributed by atoms with van der Waals surface area (Å²) in [5.41, 5.74) is 0. The molecule has 0 amide bonds. The monoisotopic (exact) mass is 275 g/mol. The van der Waals surface area contributed by atoms with Crippen molar-refractivity contribution >= 4 is 35.7 Å². The Morgan fingerprint density at radius 3 is 3.00 bits per heavy atom. The molecule has 1 atom stereocenters. The fourth-order valence-electron chi connectivity index (χ4n) is 1.79. The summed E-state index contributed by atoms with van der Waals surface area (Å²) in [5, 5.41) is 7.90. The molecule has 90 valence electrons. The van der Waals surface area contributed by atoms with Gasteiger partial charge in [0.05, 0.1) is 0 Å². The highest BCUT2D eigenvalue weighted by molar-refractivity contribution is 8.06. The maximum atomic E-state index is 5.29. The Kier molecular flexibility index (Phi) is 4.38. The number of H-pyrrole nitrogens is 1. The summed E-state index contributed by atoms with van der Waals surface area (Å²) >= 11 is 9.40. The third-order valence-electron chi connectivity index (χ3n) is 2.58. The molecule has 1 aromatic heterocycles. The Hall–Kier alpha value is 0.0600. The Balaban J connectivity index is 2.13. The lowest BCUT2D eigenvalue weighted by Crippen LogP contribution is -2.22. The molecule has 0 aliphatic carbocycles. The van der Waals surface area contributed by atoms with Crippen LogP contribution < -0.4 is 0 Å². The van der Waals surface area contributed by atoms with Crippen LogP contribution in [-0.2, 0) is 6.54 Å². The second kappa shape index (κ2) is 5.60. The highest BCUT2D eigenvalue weighted by atomic mass is 32.2. The van der Waals surface area contributed by atoms with Crippen LogP contribution in [-0.4, -0.2) is 37.3 Å². The highest BCUT2D eigenvalue weighted by Gasteiger charge is 2.18. The normalized spacial score (nSPS) is 21.6. The van der Waals surface area contributed by atoms with Gasteiger partial charge in [-0.2, -0.15) is 28.6 Å². The van der Waals surface area contributed by atoms with Gasteiger partial charge in [-0.3, -0.25) is 5.10 Å². The second-order valence-corrected chi connectivity index (χ2v) is 7.16. The van der Waals surface area contributed by atoms with Gasteiger partial charge in [-0.15, -0.1) is 0 Å². The molecule has 1 fully saturated rings. The molecule has 0 saturated carbocycles. The summed E-state index contributed by atoms with van der Waals surface area (Å²) in [4.78, 5) is 0. The minimum Gasteiger partial charge on any atom is -0.303 e. The molecular weight excluding hydrogens is 258 g/mol. The van der Waals surface area contributed by atoms with Crippen LogP contribution in [0.2, 0.25) is 0 Å². The number of aromatic nitrogens is 3. The summed E-state index contributed by atoms with van der Waals surface area (Å²) in [5.74, 6) is 5.29. The smallest absolute Gasteiger partial charge is 0.195 e. The van der Waals surface area contributed by atoms with Gasteiger partial charge >= 0.3 is 0 Å². The van der Waals surface area contributed by atoms with Crippen LogP contribution in [0.25, 0.3) is 0 Å². The average molecular weight is 275 g/mol. The molecule has 2 heterocycles. The van der Waals surface area contributed by atoms with Crippen molar-refractivity contribution in [1.82, 2.24) is 14.8 Å². The van der Waals surface area contributed by atoms with Crippen LogP contribution in [0.4, 0.5) is 0 Å². The summed E-state index contributed by atoms with van der Waals surface area (Å²) < 4.78 is 2.93. The molecular formula is C10H17N3S3. The van der Waals surface area contributed by atoms with E-state index >= 15 is 0 Å². The fourth-order valence-corrected chi connectivity index (χ4v) is 4.66. The Labute approximate surface area is 110 Å². The Morgan fingerprint density at radius 1 is 1.56 bits per heavy atom. The van der Waals surface area contributed by atoms with E-state index in [1.807, 2.05) is 11.8 Å². The van der Waals surface area contributed by atoms with Crippen LogP contribution in [0, 0.1) is 4.77 Å². The number of nitrogens with one attached hydrogen (secondary N) is 1. The predicted molar refractivity (Wildman–Crippen MR) is 75.1 cm³/mol. The Morgan fingerprint density at radius 2 is 2.38 bits per heavy atom. The van der Waals surface area contributed by atoms with Gasteiger partial charge in [0.2, 0.25) is 0 Å². The molecule has 1 N–H and O–H groups in total. The quantitative estimate of drug-likeness (QED) is 0.860. The predicted octanol–water partition coefficient (Wildman–Crippen LogP) is 2.91. The number of thioether (sulfide) groups is 2. The van der Waals surface area contributed by atoms with E-state index < -0.39 is 0 Å². The van der Waals surface area contributed by atoms with Crippen LogP contribution in [0.1, 0.15) is 25.6 Å². The van der Waals surface area contributed by atoms with Crippen LogP contribution in [0.3, 0.4) is 0 Å². The third-order valence-corrected chi connectivity index (χ3v) is 5.71. The first kappa shape index (κ1) is 12.5. The minimum absolute atomic E-state index is 0.425. The van der Waals surface area contributed by atoms with E-state index in [0.29, 0.717) is 11.2 Å². The van der Waals surface area contributed by atoms with E-state index in [2.05, 4.69) is 40.4 Å². The third kappa shape index (κ3) is 2.84. The van der Waals surface area contributed by atoms with E-state index in [9.17, 15) is 0 Å². The number of aromatic amines is 1. The van der Waals surface area contributed by atoms with Crippen molar-refractivity contribution in [1.29, 1.82) is 0 Å². The van der Waals surface area contributed by atoms with Crippen molar-refractivity contribution in [3.63, 3.8) is 0 Å². The maximum absolute atomic E-state index is 5.29. The van der Waals surface area contributed by atoms with Gasteiger partial charge in [0.1, 0.15) is 5.82 Å². The molecule has 1 aromatic rings. The van der Waals surface area contributed by atoms with Gasteiger partial charge in [-0.25, -0.2) is 0 Å². The van der Waals surface area contributed by atoms with Gasteiger partial charge in [0, 0.05) is 35.0 Å². The highest BCUT2D eigenvalue weighted by Crippen LogP contribution is 2.26. The van der Waals surface area contributed by atoms with Crippen LogP contribution in [0.15, 0.2) is 0 Å². The molecule has 2 rings (SSSR count). The van der Waals surface area contributed by atoms with Crippen molar-refractivity contribution in [2.24, 2.45) is 0 Å². The molecule has 1 unspecified atom stereocenters. The molecule has 0 aromatic carbocycles. The summed E-state index contributed by atoms with van der Waals surface area (Å²) in [6.45, 7) is 5.31. The molecule has 1 saturated heterocycles. The van der Waals surface area contributed by atoms with Crippen LogP contribution >= 0.6 is 35.7 Å². The van der Waals surface area contributed by atoms with E-state index in [1.54, 1.807) is 0 Å². The van der Waals surface area contributed by atoms with E-state index in [1.165, 1.54) is 17.3 Å². The van der Waals surface area contributed by atoms with Crippen molar-refractivity contribution in [3.8, 4) is 0 Å². The second-order valence-electron chi connectivity index (χ2n) is 4.22. The fraction of sp³-hybridized carbons (Fsp3) is 0.800. The van der Waals surface area contributed by atoms with Gasteiger partial charge in [-0.1, -0.05) is 13.8 Å². The first-order chi connectivity index (χ1) is 7.68. The van der Waals surface area contributed by atoms with E-state index in [-0.39, 0.29) is 0 Å². The lowest BCUT2D eigenvalue weighted by molar-refractivity contribution is 0.614. The van der Waals surface area contributed by atoms with E-state index in [0.717, 1.165) is 17.1 Å². The number of rotatable bonds is 3. The van der Waals surface area contributed by atoms with E-state index in [4.69, 9.17) is 12.2 Å². The van der Waals surface area contributed by atoms with Crippen molar-refractivity contribution < 1.29 is 0 Å². The van der Waals surface area contributed by atoms with Gasteiger partial charge in [0.15, 0.2) is 4.77 Å². The lowest BCUT2D eigenvalue weighted by atomic mass is 10.2. The molecule has 1 aliphatic heterocycles. The topological polar surface area (TPSA) is 33.6 Å². The average Bonchev–Trinajstić information content (AvgIpc) is 2.62. The molecule has 1 aliphatic rings.